The number of rotatable bonds is 8. The van der Waals surface area contributed by atoms with Gasteiger partial charge in [-0.05, 0) is 12.5 Å². The zero-order valence-electron chi connectivity index (χ0n) is 14.8. The number of hydrogen-bond donors (Lipinski definition) is 2. The number of likely N-dealkylation sites (N-methyl/N-ethyl adjacent to an activating group) is 1. The molecule has 0 spiro atoms. The highest BCUT2D eigenvalue weighted by Crippen LogP contribution is 2.06. The van der Waals surface area contributed by atoms with Crippen LogP contribution < -0.4 is 10.6 Å². The highest BCUT2D eigenvalue weighted by Gasteiger charge is 2.14. The van der Waals surface area contributed by atoms with E-state index < -0.39 is 0 Å². The van der Waals surface area contributed by atoms with Crippen molar-refractivity contribution in [1.29, 1.82) is 0 Å². The topological polar surface area (TPSA) is 105 Å². The molecular formula is C18H22N4O4. The summed E-state index contributed by atoms with van der Waals surface area (Å²) in [6.07, 6.45) is 0.387. The van der Waals surface area contributed by atoms with E-state index in [1.165, 1.54) is 11.9 Å². The molecule has 0 aliphatic carbocycles. The van der Waals surface area contributed by atoms with Gasteiger partial charge in [0.05, 0.1) is 13.0 Å². The van der Waals surface area contributed by atoms with Gasteiger partial charge in [-0.25, -0.2) is 0 Å². The van der Waals surface area contributed by atoms with Crippen LogP contribution in [0.5, 0.6) is 0 Å². The zero-order chi connectivity index (χ0) is 18.9. The first-order chi connectivity index (χ1) is 12.4. The minimum Gasteiger partial charge on any atom is -0.360 e. The van der Waals surface area contributed by atoms with Crippen molar-refractivity contribution < 1.29 is 18.9 Å². The van der Waals surface area contributed by atoms with Crippen LogP contribution in [-0.2, 0) is 20.8 Å². The predicted molar refractivity (Wildman–Crippen MR) is 95.3 cm³/mol. The first-order valence-corrected chi connectivity index (χ1v) is 8.22. The molecule has 0 saturated carbocycles. The highest BCUT2D eigenvalue weighted by molar-refractivity contribution is 5.93. The van der Waals surface area contributed by atoms with E-state index in [9.17, 15) is 14.4 Å². The summed E-state index contributed by atoms with van der Waals surface area (Å²) in [4.78, 5) is 37.0. The minimum absolute atomic E-state index is 0.108. The molecule has 0 bridgehead atoms. The second-order valence-electron chi connectivity index (χ2n) is 5.88. The molecule has 2 rings (SSSR count). The highest BCUT2D eigenvalue weighted by atomic mass is 16.5. The van der Waals surface area contributed by atoms with Crippen LogP contribution in [0.4, 0.5) is 5.82 Å². The minimum atomic E-state index is -0.373. The Labute approximate surface area is 151 Å². The molecule has 0 aliphatic rings. The third-order valence-corrected chi connectivity index (χ3v) is 3.57. The number of anilines is 1. The van der Waals surface area contributed by atoms with Gasteiger partial charge >= 0.3 is 0 Å². The molecule has 0 fully saturated rings. The molecule has 26 heavy (non-hydrogen) atoms. The lowest BCUT2D eigenvalue weighted by atomic mass is 10.1. The molecule has 1 aromatic heterocycles. The molecular weight excluding hydrogens is 336 g/mol. The Bertz CT molecular complexity index is 758. The average molecular weight is 358 g/mol. The number of carbonyl (C=O) groups is 3. The van der Waals surface area contributed by atoms with Crippen LogP contribution in [0.2, 0.25) is 0 Å². The fourth-order valence-corrected chi connectivity index (χ4v) is 2.25. The van der Waals surface area contributed by atoms with Gasteiger partial charge in [0.2, 0.25) is 17.7 Å². The molecule has 8 heteroatoms. The average Bonchev–Trinajstić information content (AvgIpc) is 3.00. The second-order valence-corrected chi connectivity index (χ2v) is 5.88. The van der Waals surface area contributed by atoms with Crippen molar-refractivity contribution in [1.82, 2.24) is 15.4 Å². The molecule has 8 nitrogen and oxygen atoms in total. The van der Waals surface area contributed by atoms with Gasteiger partial charge in [0.1, 0.15) is 5.76 Å². The Kier molecular flexibility index (Phi) is 6.90. The number of aryl methyl sites for hydroxylation is 1. The maximum atomic E-state index is 12.0. The maximum absolute atomic E-state index is 12.0. The number of amides is 3. The van der Waals surface area contributed by atoms with Crippen molar-refractivity contribution in [2.24, 2.45) is 0 Å². The van der Waals surface area contributed by atoms with E-state index in [0.29, 0.717) is 11.6 Å². The van der Waals surface area contributed by atoms with Gasteiger partial charge in [0.25, 0.3) is 0 Å². The molecule has 0 radical (unpaired) electrons. The normalized spacial score (nSPS) is 10.2. The molecule has 138 valence electrons. The van der Waals surface area contributed by atoms with Crippen LogP contribution in [0.3, 0.4) is 0 Å². The predicted octanol–water partition coefficient (Wildman–Crippen LogP) is 1.13. The van der Waals surface area contributed by atoms with Gasteiger partial charge in [-0.2, -0.15) is 0 Å². The van der Waals surface area contributed by atoms with Crippen LogP contribution in [0.1, 0.15) is 17.7 Å². The van der Waals surface area contributed by atoms with E-state index in [-0.39, 0.29) is 43.7 Å². The molecule has 2 aromatic rings. The lowest BCUT2D eigenvalue weighted by Gasteiger charge is -2.16. The number of nitrogens with one attached hydrogen (secondary N) is 2. The van der Waals surface area contributed by atoms with E-state index in [1.54, 1.807) is 13.0 Å². The summed E-state index contributed by atoms with van der Waals surface area (Å²) in [5.41, 5.74) is 0.910. The smallest absolute Gasteiger partial charge is 0.245 e. The summed E-state index contributed by atoms with van der Waals surface area (Å²) >= 11 is 0. The summed E-state index contributed by atoms with van der Waals surface area (Å²) in [7, 11) is 1.53. The zero-order valence-corrected chi connectivity index (χ0v) is 14.8. The second kappa shape index (κ2) is 9.36. The van der Waals surface area contributed by atoms with Crippen LogP contribution in [-0.4, -0.2) is 47.9 Å². The first kappa shape index (κ1) is 19.2. The number of benzene rings is 1. The molecule has 0 saturated heterocycles. The van der Waals surface area contributed by atoms with Gasteiger partial charge < -0.3 is 20.1 Å². The summed E-state index contributed by atoms with van der Waals surface area (Å²) in [6.45, 7) is 1.83. The summed E-state index contributed by atoms with van der Waals surface area (Å²) in [6, 6.07) is 10.9. The monoisotopic (exact) mass is 358 g/mol. The first-order valence-electron chi connectivity index (χ1n) is 8.22. The van der Waals surface area contributed by atoms with Gasteiger partial charge in [0.15, 0.2) is 5.82 Å². The van der Waals surface area contributed by atoms with Gasteiger partial charge in [-0.3, -0.25) is 14.4 Å². The number of nitrogens with zero attached hydrogens (tertiary/aromatic N) is 2. The molecule has 1 aromatic carbocycles. The number of carbonyl (C=O) groups excluding carboxylic acids is 3. The summed E-state index contributed by atoms with van der Waals surface area (Å²) in [5.74, 6) is 0.127. The Balaban J connectivity index is 1.66. The summed E-state index contributed by atoms with van der Waals surface area (Å²) in [5, 5.41) is 8.90. The van der Waals surface area contributed by atoms with Crippen LogP contribution in [0, 0.1) is 6.92 Å². The van der Waals surface area contributed by atoms with Crippen LogP contribution in [0.15, 0.2) is 40.9 Å². The van der Waals surface area contributed by atoms with Gasteiger partial charge in [-0.15, -0.1) is 0 Å². The molecule has 2 N–H and O–H groups in total. The van der Waals surface area contributed by atoms with Crippen molar-refractivity contribution in [3.8, 4) is 0 Å². The van der Waals surface area contributed by atoms with Crippen molar-refractivity contribution in [2.75, 3.05) is 25.5 Å². The fourth-order valence-electron chi connectivity index (χ4n) is 2.25. The van der Waals surface area contributed by atoms with Gasteiger partial charge in [-0.1, -0.05) is 35.5 Å². The lowest BCUT2D eigenvalue weighted by Crippen LogP contribution is -2.37. The molecule has 1 heterocycles. The maximum Gasteiger partial charge on any atom is 0.245 e. The van der Waals surface area contributed by atoms with Crippen LogP contribution >= 0.6 is 0 Å². The third-order valence-electron chi connectivity index (χ3n) is 3.57. The van der Waals surface area contributed by atoms with Crippen molar-refractivity contribution in [2.45, 2.75) is 19.8 Å². The SMILES string of the molecule is Cc1cc(NC(=O)CN(C)C(=O)CCNC(=O)Cc2ccccc2)no1. The Morgan fingerprint density at radius 3 is 2.54 bits per heavy atom. The third kappa shape index (κ3) is 6.39. The van der Waals surface area contributed by atoms with E-state index in [0.717, 1.165) is 5.56 Å². The van der Waals surface area contributed by atoms with Crippen molar-refractivity contribution in [3.63, 3.8) is 0 Å². The molecule has 0 unspecified atom stereocenters. The van der Waals surface area contributed by atoms with Crippen LogP contribution in [0.25, 0.3) is 0 Å². The lowest BCUT2D eigenvalue weighted by molar-refractivity contribution is -0.133. The fraction of sp³-hybridized carbons (Fsp3) is 0.333. The largest absolute Gasteiger partial charge is 0.360 e. The van der Waals surface area contributed by atoms with E-state index in [2.05, 4.69) is 15.8 Å². The van der Waals surface area contributed by atoms with E-state index in [4.69, 9.17) is 4.52 Å². The van der Waals surface area contributed by atoms with Crippen molar-refractivity contribution in [3.05, 3.63) is 47.7 Å². The van der Waals surface area contributed by atoms with Crippen molar-refractivity contribution >= 4 is 23.5 Å². The standard InChI is InChI=1S/C18H22N4O4/c1-13-10-15(21-26-13)20-17(24)12-22(2)18(25)8-9-19-16(23)11-14-6-4-3-5-7-14/h3-7,10H,8-9,11-12H2,1-2H3,(H,19,23)(H,20,21,24). The summed E-state index contributed by atoms with van der Waals surface area (Å²) < 4.78 is 4.85. The molecule has 0 atom stereocenters. The quantitative estimate of drug-likeness (QED) is 0.736. The van der Waals surface area contributed by atoms with E-state index in [1.807, 2.05) is 30.3 Å². The molecule has 3 amide bonds. The Morgan fingerprint density at radius 2 is 1.88 bits per heavy atom. The number of hydrogen-bond acceptors (Lipinski definition) is 5. The molecule has 0 aliphatic heterocycles. The Morgan fingerprint density at radius 1 is 1.15 bits per heavy atom. The number of aromatic nitrogens is 1. The van der Waals surface area contributed by atoms with Gasteiger partial charge in [0, 0.05) is 26.1 Å². The Hall–Kier alpha value is -3.16. The van der Waals surface area contributed by atoms with E-state index >= 15 is 0 Å².